The summed E-state index contributed by atoms with van der Waals surface area (Å²) in [6.45, 7) is 6.61. The number of benzene rings is 2. The summed E-state index contributed by atoms with van der Waals surface area (Å²) in [6.07, 6.45) is 0. The molecule has 1 fully saturated rings. The Bertz CT molecular complexity index is 779. The van der Waals surface area contributed by atoms with Crippen LogP contribution in [-0.4, -0.2) is 19.3 Å². The van der Waals surface area contributed by atoms with Crippen LogP contribution in [0.3, 0.4) is 0 Å². The Morgan fingerprint density at radius 1 is 0.952 bits per heavy atom. The minimum Gasteiger partial charge on any atom is -0.207 e. The first-order valence-electron chi connectivity index (χ1n) is 7.05. The third-order valence-corrected chi connectivity index (χ3v) is 5.87. The molecule has 0 amide bonds. The zero-order valence-electron chi connectivity index (χ0n) is 12.5. The number of sulfonamides is 1. The number of hydrogen-bond donors (Lipinski definition) is 0. The van der Waals surface area contributed by atoms with Gasteiger partial charge in [-0.2, -0.15) is 4.31 Å². The molecule has 1 unspecified atom stereocenters. The predicted molar refractivity (Wildman–Crippen MR) is 83.7 cm³/mol. The smallest absolute Gasteiger partial charge is 0.207 e. The largest absolute Gasteiger partial charge is 0.243 e. The number of nitrogens with zero attached hydrogens (tertiary/aromatic N) is 1. The summed E-state index contributed by atoms with van der Waals surface area (Å²) >= 11 is 0. The van der Waals surface area contributed by atoms with Crippen molar-refractivity contribution < 1.29 is 8.42 Å². The van der Waals surface area contributed by atoms with Crippen molar-refractivity contribution >= 4 is 10.0 Å². The van der Waals surface area contributed by atoms with E-state index in [1.54, 1.807) is 16.4 Å². The maximum atomic E-state index is 12.6. The van der Waals surface area contributed by atoms with Gasteiger partial charge in [0.25, 0.3) is 0 Å². The Labute approximate surface area is 126 Å². The molecule has 2 aromatic rings. The molecule has 2 atom stereocenters. The summed E-state index contributed by atoms with van der Waals surface area (Å²) in [5.41, 5.74) is 4.52. The van der Waals surface area contributed by atoms with Gasteiger partial charge in [-0.15, -0.1) is 0 Å². The second kappa shape index (κ2) is 4.97. The highest BCUT2D eigenvalue weighted by Crippen LogP contribution is 2.41. The first-order chi connectivity index (χ1) is 9.89. The Morgan fingerprint density at radius 2 is 1.57 bits per heavy atom. The van der Waals surface area contributed by atoms with Crippen LogP contribution < -0.4 is 0 Å². The lowest BCUT2D eigenvalue weighted by molar-refractivity contribution is 0.554. The van der Waals surface area contributed by atoms with E-state index in [-0.39, 0.29) is 6.04 Å². The Hall–Kier alpha value is -1.65. The van der Waals surface area contributed by atoms with Crippen LogP contribution in [0.15, 0.2) is 47.4 Å². The van der Waals surface area contributed by atoms with Gasteiger partial charge in [-0.1, -0.05) is 41.5 Å². The van der Waals surface area contributed by atoms with Gasteiger partial charge in [0, 0.05) is 6.54 Å². The van der Waals surface area contributed by atoms with Crippen molar-refractivity contribution in [1.82, 2.24) is 4.31 Å². The average Bonchev–Trinajstić information content (AvgIpc) is 3.20. The topological polar surface area (TPSA) is 37.1 Å². The first-order valence-corrected chi connectivity index (χ1v) is 8.49. The minimum absolute atomic E-state index is 0.0168. The van der Waals surface area contributed by atoms with Gasteiger partial charge in [0.15, 0.2) is 0 Å². The molecule has 4 heteroatoms. The molecule has 3 nitrogen and oxygen atoms in total. The van der Waals surface area contributed by atoms with Crippen LogP contribution in [0.5, 0.6) is 0 Å². The quantitative estimate of drug-likeness (QED) is 0.815. The summed E-state index contributed by atoms with van der Waals surface area (Å²) in [4.78, 5) is 0.375. The van der Waals surface area contributed by atoms with Crippen LogP contribution in [0.25, 0.3) is 0 Å². The maximum absolute atomic E-state index is 12.6. The van der Waals surface area contributed by atoms with Gasteiger partial charge in [0.05, 0.1) is 10.9 Å². The molecular formula is C17H19NO2S. The third kappa shape index (κ3) is 2.61. The molecule has 0 radical (unpaired) electrons. The summed E-state index contributed by atoms with van der Waals surface area (Å²) in [6, 6.07) is 13.2. The van der Waals surface area contributed by atoms with Crippen molar-refractivity contribution in [1.29, 1.82) is 0 Å². The molecule has 2 aromatic carbocycles. The lowest BCUT2D eigenvalue weighted by Gasteiger charge is -2.09. The summed E-state index contributed by atoms with van der Waals surface area (Å²) in [5.74, 6) is 0. The normalized spacial score (nSPS) is 21.3. The molecule has 0 aromatic heterocycles. The van der Waals surface area contributed by atoms with Gasteiger partial charge in [-0.3, -0.25) is 0 Å². The van der Waals surface area contributed by atoms with Gasteiger partial charge in [0.2, 0.25) is 10.0 Å². The summed E-state index contributed by atoms with van der Waals surface area (Å²) in [7, 11) is -3.37. The predicted octanol–water partition coefficient (Wildman–Crippen LogP) is 3.36. The van der Waals surface area contributed by atoms with Crippen molar-refractivity contribution in [2.24, 2.45) is 0 Å². The number of rotatable bonds is 3. The molecule has 1 aliphatic heterocycles. The number of hydrogen-bond acceptors (Lipinski definition) is 2. The molecule has 1 saturated heterocycles. The van der Waals surface area contributed by atoms with Crippen molar-refractivity contribution in [3.8, 4) is 0 Å². The number of aryl methyl sites for hydroxylation is 3. The van der Waals surface area contributed by atoms with Gasteiger partial charge in [-0.25, -0.2) is 8.42 Å². The molecule has 110 valence electrons. The molecule has 0 aliphatic carbocycles. The molecule has 0 bridgehead atoms. The fourth-order valence-corrected chi connectivity index (χ4v) is 4.22. The van der Waals surface area contributed by atoms with Crippen molar-refractivity contribution in [2.45, 2.75) is 31.7 Å². The first kappa shape index (κ1) is 14.3. The standard InChI is InChI=1S/C17H19NO2S/c1-12-4-7-15(8-5-12)21(19,20)18-11-17(18)16-9-6-13(2)10-14(16)3/h4-10,17H,11H2,1-3H3/t17-,18?/m1/s1. The van der Waals surface area contributed by atoms with E-state index < -0.39 is 10.0 Å². The minimum atomic E-state index is -3.37. The molecule has 21 heavy (non-hydrogen) atoms. The van der Waals surface area contributed by atoms with E-state index in [2.05, 4.69) is 6.07 Å². The van der Waals surface area contributed by atoms with Crippen LogP contribution in [0, 0.1) is 20.8 Å². The highest BCUT2D eigenvalue weighted by Gasteiger charge is 2.45. The molecule has 1 aliphatic rings. The van der Waals surface area contributed by atoms with Crippen LogP contribution in [0.2, 0.25) is 0 Å². The highest BCUT2D eigenvalue weighted by molar-refractivity contribution is 7.89. The lowest BCUT2D eigenvalue weighted by Crippen LogP contribution is -2.13. The monoisotopic (exact) mass is 301 g/mol. The second-order valence-electron chi connectivity index (χ2n) is 5.76. The van der Waals surface area contributed by atoms with Crippen LogP contribution >= 0.6 is 0 Å². The van der Waals surface area contributed by atoms with E-state index in [4.69, 9.17) is 0 Å². The van der Waals surface area contributed by atoms with Crippen LogP contribution in [0.1, 0.15) is 28.3 Å². The Kier molecular flexibility index (Phi) is 3.38. The van der Waals surface area contributed by atoms with E-state index in [0.717, 1.165) is 16.7 Å². The molecule has 0 spiro atoms. The van der Waals surface area contributed by atoms with E-state index in [9.17, 15) is 8.42 Å². The van der Waals surface area contributed by atoms with Gasteiger partial charge >= 0.3 is 0 Å². The van der Waals surface area contributed by atoms with E-state index >= 15 is 0 Å². The van der Waals surface area contributed by atoms with Crippen molar-refractivity contribution in [3.05, 3.63) is 64.7 Å². The molecule has 0 saturated carbocycles. The molecule has 3 rings (SSSR count). The van der Waals surface area contributed by atoms with E-state index in [1.807, 2.05) is 45.0 Å². The average molecular weight is 301 g/mol. The van der Waals surface area contributed by atoms with Crippen LogP contribution in [0.4, 0.5) is 0 Å². The molecule has 1 heterocycles. The second-order valence-corrected chi connectivity index (χ2v) is 7.65. The Morgan fingerprint density at radius 3 is 2.19 bits per heavy atom. The maximum Gasteiger partial charge on any atom is 0.243 e. The highest BCUT2D eigenvalue weighted by atomic mass is 32.2. The van der Waals surface area contributed by atoms with Crippen molar-refractivity contribution in [2.75, 3.05) is 6.54 Å². The Balaban J connectivity index is 1.88. The zero-order valence-corrected chi connectivity index (χ0v) is 13.3. The van der Waals surface area contributed by atoms with Gasteiger partial charge in [0.1, 0.15) is 0 Å². The molecule has 0 N–H and O–H groups in total. The van der Waals surface area contributed by atoms with Crippen LogP contribution in [-0.2, 0) is 10.0 Å². The van der Waals surface area contributed by atoms with E-state index in [0.29, 0.717) is 11.4 Å². The fraction of sp³-hybridized carbons (Fsp3) is 0.294. The van der Waals surface area contributed by atoms with Gasteiger partial charge < -0.3 is 0 Å². The van der Waals surface area contributed by atoms with Gasteiger partial charge in [-0.05, 0) is 44.0 Å². The zero-order chi connectivity index (χ0) is 15.2. The van der Waals surface area contributed by atoms with Crippen molar-refractivity contribution in [3.63, 3.8) is 0 Å². The SMILES string of the molecule is Cc1ccc(S(=O)(=O)N2C[C@@H]2c2ccc(C)cc2C)cc1. The lowest BCUT2D eigenvalue weighted by atomic mass is 10.0. The fourth-order valence-electron chi connectivity index (χ4n) is 2.69. The summed E-state index contributed by atoms with van der Waals surface area (Å²) in [5, 5.41) is 0. The third-order valence-electron chi connectivity index (χ3n) is 3.98. The summed E-state index contributed by atoms with van der Waals surface area (Å²) < 4.78 is 26.8. The van der Waals surface area contributed by atoms with E-state index in [1.165, 1.54) is 5.56 Å². The molecular weight excluding hydrogens is 282 g/mol.